The molecule has 2 aliphatic heterocycles. The third kappa shape index (κ3) is 5.69. The third-order valence-electron chi connectivity index (χ3n) is 6.81. The molecule has 2 aliphatic rings. The molecular formula is C28H32N4O3. The summed E-state index contributed by atoms with van der Waals surface area (Å²) < 4.78 is 11.5. The highest BCUT2D eigenvalue weighted by molar-refractivity contribution is 5.95. The molecule has 0 spiro atoms. The van der Waals surface area contributed by atoms with E-state index >= 15 is 0 Å². The second-order valence-electron chi connectivity index (χ2n) is 9.29. The second-order valence-corrected chi connectivity index (χ2v) is 9.29. The van der Waals surface area contributed by atoms with E-state index in [4.69, 9.17) is 14.5 Å². The lowest BCUT2D eigenvalue weighted by atomic mass is 9.94. The number of likely N-dealkylation sites (tertiary alicyclic amines) is 1. The number of hydrogen-bond donors (Lipinski definition) is 0. The van der Waals surface area contributed by atoms with Gasteiger partial charge in [0.25, 0.3) is 5.91 Å². The number of amides is 1. The number of aromatic nitrogens is 2. The fourth-order valence-electron chi connectivity index (χ4n) is 4.83. The van der Waals surface area contributed by atoms with E-state index in [1.165, 1.54) is 0 Å². The Morgan fingerprint density at radius 2 is 1.86 bits per heavy atom. The predicted octanol–water partition coefficient (Wildman–Crippen LogP) is 4.43. The summed E-state index contributed by atoms with van der Waals surface area (Å²) >= 11 is 0. The molecule has 2 saturated heterocycles. The summed E-state index contributed by atoms with van der Waals surface area (Å²) in [6.07, 6.45) is 5.35. The molecule has 182 valence electrons. The molecule has 3 aromatic rings. The largest absolute Gasteiger partial charge is 0.437 e. The van der Waals surface area contributed by atoms with Gasteiger partial charge in [0.05, 0.1) is 25.1 Å². The Morgan fingerprint density at radius 3 is 2.71 bits per heavy atom. The normalized spacial score (nSPS) is 18.9. The number of morpholine rings is 1. The molecule has 0 N–H and O–H groups in total. The summed E-state index contributed by atoms with van der Waals surface area (Å²) in [5.41, 5.74) is 3.79. The van der Waals surface area contributed by atoms with Crippen molar-refractivity contribution in [1.82, 2.24) is 19.8 Å². The SMILES string of the molecule is Cc1ccccc1Oc1cncc([C@@H]2CCCN(C(=O)c3ccccc3CN3CCOCC3)C2)n1. The van der Waals surface area contributed by atoms with E-state index in [1.807, 2.05) is 54.3 Å². The molecule has 0 unspecified atom stereocenters. The minimum Gasteiger partial charge on any atom is -0.437 e. The Hall–Kier alpha value is -3.29. The number of benzene rings is 2. The van der Waals surface area contributed by atoms with Crippen molar-refractivity contribution in [2.45, 2.75) is 32.2 Å². The lowest BCUT2D eigenvalue weighted by Crippen LogP contribution is -2.40. The fraction of sp³-hybridized carbons (Fsp3) is 0.393. The molecule has 0 bridgehead atoms. The van der Waals surface area contributed by atoms with E-state index in [9.17, 15) is 4.79 Å². The van der Waals surface area contributed by atoms with Crippen molar-refractivity contribution in [2.75, 3.05) is 39.4 Å². The highest BCUT2D eigenvalue weighted by Crippen LogP contribution is 2.29. The van der Waals surface area contributed by atoms with Crippen molar-refractivity contribution >= 4 is 5.91 Å². The predicted molar refractivity (Wildman–Crippen MR) is 134 cm³/mol. The summed E-state index contributed by atoms with van der Waals surface area (Å²) in [7, 11) is 0. The van der Waals surface area contributed by atoms with Gasteiger partial charge in [0, 0.05) is 50.4 Å². The van der Waals surface area contributed by atoms with Crippen LogP contribution < -0.4 is 4.74 Å². The molecule has 1 amide bonds. The summed E-state index contributed by atoms with van der Waals surface area (Å²) in [5.74, 6) is 1.48. The highest BCUT2D eigenvalue weighted by Gasteiger charge is 2.28. The van der Waals surface area contributed by atoms with Crippen molar-refractivity contribution in [1.29, 1.82) is 0 Å². The smallest absolute Gasteiger partial charge is 0.254 e. The Bertz CT molecular complexity index is 1160. The van der Waals surface area contributed by atoms with Gasteiger partial charge in [-0.2, -0.15) is 0 Å². The van der Waals surface area contributed by atoms with Crippen molar-refractivity contribution in [3.8, 4) is 11.6 Å². The van der Waals surface area contributed by atoms with Crippen molar-refractivity contribution in [3.05, 3.63) is 83.3 Å². The summed E-state index contributed by atoms with van der Waals surface area (Å²) in [6.45, 7) is 7.46. The first-order valence-corrected chi connectivity index (χ1v) is 12.4. The third-order valence-corrected chi connectivity index (χ3v) is 6.81. The van der Waals surface area contributed by atoms with Gasteiger partial charge in [0.1, 0.15) is 5.75 Å². The highest BCUT2D eigenvalue weighted by atomic mass is 16.5. The van der Waals surface area contributed by atoms with Gasteiger partial charge in [-0.05, 0) is 43.0 Å². The second kappa shape index (κ2) is 11.0. The van der Waals surface area contributed by atoms with Gasteiger partial charge in [-0.3, -0.25) is 14.7 Å². The number of para-hydroxylation sites is 1. The Labute approximate surface area is 206 Å². The summed E-state index contributed by atoms with van der Waals surface area (Å²) in [5, 5.41) is 0. The van der Waals surface area contributed by atoms with Crippen molar-refractivity contribution in [3.63, 3.8) is 0 Å². The van der Waals surface area contributed by atoms with Crippen molar-refractivity contribution in [2.24, 2.45) is 0 Å². The molecule has 0 aliphatic carbocycles. The maximum Gasteiger partial charge on any atom is 0.254 e. The van der Waals surface area contributed by atoms with E-state index in [2.05, 4.69) is 16.0 Å². The quantitative estimate of drug-likeness (QED) is 0.529. The van der Waals surface area contributed by atoms with Crippen LogP contribution in [0.4, 0.5) is 0 Å². The van der Waals surface area contributed by atoms with Gasteiger partial charge in [-0.15, -0.1) is 0 Å². The molecule has 1 aromatic heterocycles. The van der Waals surface area contributed by atoms with Gasteiger partial charge < -0.3 is 14.4 Å². The number of carbonyl (C=O) groups excluding carboxylic acids is 1. The first-order chi connectivity index (χ1) is 17.2. The van der Waals surface area contributed by atoms with Crippen LogP contribution in [0.5, 0.6) is 11.6 Å². The molecule has 3 heterocycles. The molecule has 7 heteroatoms. The molecule has 2 fully saturated rings. The molecule has 7 nitrogen and oxygen atoms in total. The van der Waals surface area contributed by atoms with Crippen LogP contribution in [0.2, 0.25) is 0 Å². The van der Waals surface area contributed by atoms with Gasteiger partial charge in [-0.1, -0.05) is 36.4 Å². The van der Waals surface area contributed by atoms with Crippen LogP contribution >= 0.6 is 0 Å². The maximum absolute atomic E-state index is 13.6. The Kier molecular flexibility index (Phi) is 7.35. The van der Waals surface area contributed by atoms with Gasteiger partial charge in [0.2, 0.25) is 5.88 Å². The zero-order chi connectivity index (χ0) is 24.0. The number of ether oxygens (including phenoxy) is 2. The number of carbonyl (C=O) groups is 1. The minimum atomic E-state index is 0.0961. The zero-order valence-corrected chi connectivity index (χ0v) is 20.2. The maximum atomic E-state index is 13.6. The van der Waals surface area contributed by atoms with Crippen LogP contribution in [-0.2, 0) is 11.3 Å². The molecular weight excluding hydrogens is 440 g/mol. The zero-order valence-electron chi connectivity index (χ0n) is 20.2. The average molecular weight is 473 g/mol. The van der Waals surface area contributed by atoms with E-state index in [0.29, 0.717) is 12.4 Å². The minimum absolute atomic E-state index is 0.0961. The monoisotopic (exact) mass is 472 g/mol. The average Bonchev–Trinajstić information content (AvgIpc) is 2.91. The van der Waals surface area contributed by atoms with Crippen LogP contribution in [0.15, 0.2) is 60.9 Å². The topological polar surface area (TPSA) is 67.8 Å². The van der Waals surface area contributed by atoms with E-state index in [1.54, 1.807) is 12.4 Å². The molecule has 0 radical (unpaired) electrons. The lowest BCUT2D eigenvalue weighted by molar-refractivity contribution is 0.0339. The fourth-order valence-corrected chi connectivity index (χ4v) is 4.83. The summed E-state index contributed by atoms with van der Waals surface area (Å²) in [6, 6.07) is 15.9. The van der Waals surface area contributed by atoms with E-state index in [-0.39, 0.29) is 11.8 Å². The number of aryl methyl sites for hydroxylation is 1. The number of piperidine rings is 1. The number of hydrogen-bond acceptors (Lipinski definition) is 6. The number of rotatable bonds is 6. The molecule has 2 aromatic carbocycles. The Balaban J connectivity index is 1.29. The van der Waals surface area contributed by atoms with Crippen molar-refractivity contribution < 1.29 is 14.3 Å². The first-order valence-electron chi connectivity index (χ1n) is 12.4. The molecule has 1 atom stereocenters. The van der Waals surface area contributed by atoms with Gasteiger partial charge in [0.15, 0.2) is 0 Å². The van der Waals surface area contributed by atoms with E-state index < -0.39 is 0 Å². The Morgan fingerprint density at radius 1 is 1.06 bits per heavy atom. The first kappa shape index (κ1) is 23.5. The van der Waals surface area contributed by atoms with Crippen LogP contribution in [-0.4, -0.2) is 65.1 Å². The lowest BCUT2D eigenvalue weighted by Gasteiger charge is -2.33. The molecule has 35 heavy (non-hydrogen) atoms. The van der Waals surface area contributed by atoms with Crippen LogP contribution in [0.1, 0.15) is 45.9 Å². The van der Waals surface area contributed by atoms with E-state index in [0.717, 1.165) is 80.4 Å². The van der Waals surface area contributed by atoms with Crippen LogP contribution in [0.3, 0.4) is 0 Å². The van der Waals surface area contributed by atoms with Crippen LogP contribution in [0, 0.1) is 6.92 Å². The molecule has 0 saturated carbocycles. The standard InChI is InChI=1S/C28H32N4O3/c1-21-7-2-5-11-26(21)35-27-18-29-17-25(30-27)23-9-6-12-32(20-23)28(33)24-10-4-3-8-22(24)19-31-13-15-34-16-14-31/h2-5,7-8,10-11,17-18,23H,6,9,12-16,19-20H2,1H3/t23-/m1/s1. The van der Waals surface area contributed by atoms with Gasteiger partial charge in [-0.25, -0.2) is 4.98 Å². The number of nitrogens with zero attached hydrogens (tertiary/aromatic N) is 4. The van der Waals surface area contributed by atoms with Gasteiger partial charge >= 0.3 is 0 Å². The summed E-state index contributed by atoms with van der Waals surface area (Å²) in [4.78, 5) is 27.1. The molecule has 5 rings (SSSR count). The van der Waals surface area contributed by atoms with Crippen LogP contribution in [0.25, 0.3) is 0 Å².